The Bertz CT molecular complexity index is 1200. The second kappa shape index (κ2) is 8.61. The van der Waals surface area contributed by atoms with E-state index < -0.39 is 5.41 Å². The van der Waals surface area contributed by atoms with E-state index in [1.54, 1.807) is 24.3 Å². The lowest BCUT2D eigenvalue weighted by Crippen LogP contribution is -2.28. The van der Waals surface area contributed by atoms with Gasteiger partial charge in [-0.2, -0.15) is 0 Å². The summed E-state index contributed by atoms with van der Waals surface area (Å²) < 4.78 is 2.00. The molecule has 166 valence electrons. The number of nitrogens with zero attached hydrogens (tertiary/aromatic N) is 1. The lowest BCUT2D eigenvalue weighted by Gasteiger charge is -2.18. The lowest BCUT2D eigenvalue weighted by atomic mass is 9.92. The van der Waals surface area contributed by atoms with Crippen LogP contribution in [0.25, 0.3) is 5.52 Å². The van der Waals surface area contributed by atoms with Crippen molar-refractivity contribution in [1.82, 2.24) is 9.72 Å². The molecule has 2 N–H and O–H groups in total. The normalized spacial score (nSPS) is 13.7. The minimum atomic E-state index is -0.515. The molecule has 0 saturated carbocycles. The zero-order chi connectivity index (χ0) is 22.9. The van der Waals surface area contributed by atoms with Crippen molar-refractivity contribution in [1.29, 1.82) is 0 Å². The number of amides is 2. The van der Waals surface area contributed by atoms with Gasteiger partial charge in [-0.05, 0) is 60.7 Å². The van der Waals surface area contributed by atoms with E-state index >= 15 is 0 Å². The number of hydrogen-bond acceptors (Lipinski definition) is 3. The second-order valence-electron chi connectivity index (χ2n) is 9.33. The largest absolute Gasteiger partial charge is 0.352 e. The molecule has 1 aromatic carbocycles. The van der Waals surface area contributed by atoms with Gasteiger partial charge in [0.2, 0.25) is 5.91 Å². The highest BCUT2D eigenvalue weighted by molar-refractivity contribution is 6.00. The number of fused-ring (bicyclic) bond motifs is 3. The molecule has 4 rings (SSSR count). The molecule has 0 spiro atoms. The average Bonchev–Trinajstić information content (AvgIpc) is 3.08. The van der Waals surface area contributed by atoms with Crippen molar-refractivity contribution in [2.24, 2.45) is 5.41 Å². The van der Waals surface area contributed by atoms with Crippen LogP contribution < -0.4 is 10.6 Å². The highest BCUT2D eigenvalue weighted by atomic mass is 16.2. The third kappa shape index (κ3) is 4.31. The van der Waals surface area contributed by atoms with E-state index in [1.807, 2.05) is 49.6 Å². The van der Waals surface area contributed by atoms with Crippen molar-refractivity contribution in [3.63, 3.8) is 0 Å². The van der Waals surface area contributed by atoms with Crippen LogP contribution in [0.2, 0.25) is 0 Å². The smallest absolute Gasteiger partial charge is 0.251 e. The Labute approximate surface area is 188 Å². The Morgan fingerprint density at radius 2 is 1.88 bits per heavy atom. The number of carbonyl (C=O) groups excluding carboxylic acids is 3. The Morgan fingerprint density at radius 1 is 1.06 bits per heavy atom. The first kappa shape index (κ1) is 21.8. The topological polar surface area (TPSA) is 79.7 Å². The van der Waals surface area contributed by atoms with Crippen LogP contribution in [0.5, 0.6) is 0 Å². The predicted octanol–water partition coefficient (Wildman–Crippen LogP) is 4.42. The maximum atomic E-state index is 12.7. The van der Waals surface area contributed by atoms with Crippen LogP contribution in [0.15, 0.2) is 48.7 Å². The third-order valence-electron chi connectivity index (χ3n) is 5.88. The molecule has 0 aliphatic heterocycles. The monoisotopic (exact) mass is 431 g/mol. The molecular formula is C26H29N3O3. The van der Waals surface area contributed by atoms with Gasteiger partial charge < -0.3 is 15.0 Å². The SMILES string of the molecule is CC(C)(C)C(=O)Nc1cccc(C(=O)NCCc2c3c(n4ccccc24)C(=O)CCC3)c1. The van der Waals surface area contributed by atoms with E-state index in [-0.39, 0.29) is 17.6 Å². The third-order valence-corrected chi connectivity index (χ3v) is 5.88. The Hall–Kier alpha value is -3.41. The van der Waals surface area contributed by atoms with Crippen LogP contribution in [0, 0.1) is 5.41 Å². The summed E-state index contributed by atoms with van der Waals surface area (Å²) in [5.74, 6) is -0.0999. The van der Waals surface area contributed by atoms with Gasteiger partial charge in [0.1, 0.15) is 0 Å². The minimum absolute atomic E-state index is 0.102. The van der Waals surface area contributed by atoms with Gasteiger partial charge in [-0.1, -0.05) is 32.9 Å². The summed E-state index contributed by atoms with van der Waals surface area (Å²) in [5.41, 5.74) is 4.68. The molecule has 0 bridgehead atoms. The minimum Gasteiger partial charge on any atom is -0.352 e. The molecule has 6 heteroatoms. The molecule has 6 nitrogen and oxygen atoms in total. The molecule has 0 fully saturated rings. The van der Waals surface area contributed by atoms with Crippen molar-refractivity contribution in [2.75, 3.05) is 11.9 Å². The molecule has 32 heavy (non-hydrogen) atoms. The molecular weight excluding hydrogens is 402 g/mol. The molecule has 0 unspecified atom stereocenters. The van der Waals surface area contributed by atoms with Crippen LogP contribution in [0.4, 0.5) is 5.69 Å². The molecule has 1 aliphatic carbocycles. The number of benzene rings is 1. The maximum Gasteiger partial charge on any atom is 0.251 e. The molecule has 3 aromatic rings. The number of aromatic nitrogens is 1. The van der Waals surface area contributed by atoms with Gasteiger partial charge in [0.05, 0.1) is 5.69 Å². The van der Waals surface area contributed by atoms with Crippen molar-refractivity contribution in [3.05, 3.63) is 71.0 Å². The molecule has 0 saturated heterocycles. The first-order chi connectivity index (χ1) is 15.3. The summed E-state index contributed by atoms with van der Waals surface area (Å²) in [7, 11) is 0. The van der Waals surface area contributed by atoms with Crippen molar-refractivity contribution >= 4 is 28.8 Å². The number of carbonyl (C=O) groups is 3. The van der Waals surface area contributed by atoms with Gasteiger partial charge in [-0.15, -0.1) is 0 Å². The van der Waals surface area contributed by atoms with E-state index in [2.05, 4.69) is 10.6 Å². The van der Waals surface area contributed by atoms with Gasteiger partial charge in [-0.3, -0.25) is 14.4 Å². The Kier molecular flexibility index (Phi) is 5.87. The van der Waals surface area contributed by atoms with Gasteiger partial charge in [0.15, 0.2) is 5.78 Å². The number of anilines is 1. The fourth-order valence-electron chi connectivity index (χ4n) is 4.18. The zero-order valence-electron chi connectivity index (χ0n) is 18.8. The summed E-state index contributed by atoms with van der Waals surface area (Å²) in [6.45, 7) is 6.00. The summed E-state index contributed by atoms with van der Waals surface area (Å²) >= 11 is 0. The van der Waals surface area contributed by atoms with Crippen LogP contribution >= 0.6 is 0 Å². The second-order valence-corrected chi connectivity index (χ2v) is 9.33. The Morgan fingerprint density at radius 3 is 2.66 bits per heavy atom. The Balaban J connectivity index is 1.46. The van der Waals surface area contributed by atoms with Gasteiger partial charge >= 0.3 is 0 Å². The van der Waals surface area contributed by atoms with Crippen LogP contribution in [-0.4, -0.2) is 28.5 Å². The van der Waals surface area contributed by atoms with Crippen molar-refractivity contribution in [2.45, 2.75) is 46.5 Å². The summed E-state index contributed by atoms with van der Waals surface area (Å²) in [5, 5.41) is 5.85. The molecule has 2 heterocycles. The number of Topliss-reactive ketones (excluding diaryl/α,β-unsaturated/α-hetero) is 1. The van der Waals surface area contributed by atoms with E-state index in [9.17, 15) is 14.4 Å². The van der Waals surface area contributed by atoms with Crippen molar-refractivity contribution < 1.29 is 14.4 Å². The first-order valence-electron chi connectivity index (χ1n) is 11.1. The van der Waals surface area contributed by atoms with E-state index in [0.717, 1.165) is 35.2 Å². The summed E-state index contributed by atoms with van der Waals surface area (Å²) in [6.07, 6.45) is 4.95. The zero-order valence-corrected chi connectivity index (χ0v) is 18.8. The standard InChI is InChI=1S/C26H29N3O3/c1-26(2,3)25(32)28-18-9-6-8-17(16-18)24(31)27-14-13-19-20-10-7-12-22(30)23(20)29-15-5-4-11-21(19)29/h4-6,8-9,11,15-16H,7,10,12-14H2,1-3H3,(H,27,31)(H,28,32). The fourth-order valence-corrected chi connectivity index (χ4v) is 4.18. The molecule has 0 radical (unpaired) electrons. The molecule has 1 aliphatic rings. The fraction of sp³-hybridized carbons (Fsp3) is 0.346. The lowest BCUT2D eigenvalue weighted by molar-refractivity contribution is -0.123. The number of rotatable bonds is 5. The van der Waals surface area contributed by atoms with Crippen LogP contribution in [0.1, 0.15) is 65.6 Å². The quantitative estimate of drug-likeness (QED) is 0.628. The number of pyridine rings is 1. The summed E-state index contributed by atoms with van der Waals surface area (Å²) in [6, 6.07) is 12.9. The molecule has 0 atom stereocenters. The van der Waals surface area contributed by atoms with Crippen LogP contribution in [-0.2, 0) is 17.6 Å². The number of ketones is 1. The van der Waals surface area contributed by atoms with Crippen LogP contribution in [0.3, 0.4) is 0 Å². The highest BCUT2D eigenvalue weighted by Crippen LogP contribution is 2.30. The summed E-state index contributed by atoms with van der Waals surface area (Å²) in [4.78, 5) is 37.5. The first-order valence-corrected chi connectivity index (χ1v) is 11.1. The number of hydrogen-bond donors (Lipinski definition) is 2. The molecule has 2 aromatic heterocycles. The highest BCUT2D eigenvalue weighted by Gasteiger charge is 2.26. The molecule has 2 amide bonds. The van der Waals surface area contributed by atoms with Gasteiger partial charge in [0, 0.05) is 41.3 Å². The maximum absolute atomic E-state index is 12.7. The van der Waals surface area contributed by atoms with E-state index in [1.165, 1.54) is 0 Å². The van der Waals surface area contributed by atoms with Gasteiger partial charge in [-0.25, -0.2) is 0 Å². The average molecular weight is 432 g/mol. The van der Waals surface area contributed by atoms with Gasteiger partial charge in [0.25, 0.3) is 5.91 Å². The van der Waals surface area contributed by atoms with E-state index in [0.29, 0.717) is 30.6 Å². The van der Waals surface area contributed by atoms with E-state index in [4.69, 9.17) is 0 Å². The predicted molar refractivity (Wildman–Crippen MR) is 125 cm³/mol. The van der Waals surface area contributed by atoms with Crippen molar-refractivity contribution in [3.8, 4) is 0 Å². The number of nitrogens with one attached hydrogen (secondary N) is 2.